The number of alkyl halides is 1. The summed E-state index contributed by atoms with van der Waals surface area (Å²) in [7, 11) is 0. The van der Waals surface area contributed by atoms with E-state index in [9.17, 15) is 0 Å². The predicted molar refractivity (Wildman–Crippen MR) is 68.5 cm³/mol. The van der Waals surface area contributed by atoms with E-state index in [1.165, 1.54) is 49.4 Å². The second-order valence-electron chi connectivity index (χ2n) is 4.26. The molecule has 1 rings (SSSR count). The Morgan fingerprint density at radius 1 is 1.23 bits per heavy atom. The lowest BCUT2D eigenvalue weighted by Crippen LogP contribution is -2.17. The maximum Gasteiger partial charge on any atom is 0.00521 e. The van der Waals surface area contributed by atoms with Crippen LogP contribution in [0, 0.1) is 5.41 Å². The Morgan fingerprint density at radius 2 is 1.92 bits per heavy atom. The number of hydrogen-bond donors (Lipinski definition) is 0. The van der Waals surface area contributed by atoms with Gasteiger partial charge in [-0.25, -0.2) is 0 Å². The quantitative estimate of drug-likeness (QED) is 0.390. The first-order valence-corrected chi connectivity index (χ1v) is 7.06. The second-order valence-corrected chi connectivity index (χ2v) is 5.02. The maximum atomic E-state index is 2.58. The van der Waals surface area contributed by atoms with Crippen LogP contribution in [0.3, 0.4) is 0 Å². The Hall–Kier alpha value is 0.470. The minimum absolute atomic E-state index is 0.721. The third kappa shape index (κ3) is 3.61. The first-order valence-electron chi connectivity index (χ1n) is 5.54. The minimum Gasteiger partial charge on any atom is -0.0888 e. The highest BCUT2D eigenvalue weighted by Crippen LogP contribution is 2.43. The monoisotopic (exact) mass is 292 g/mol. The number of allylic oxidation sites excluding steroid dienone is 2. The van der Waals surface area contributed by atoms with E-state index in [1.807, 2.05) is 0 Å². The summed E-state index contributed by atoms with van der Waals surface area (Å²) in [4.78, 5) is 0. The summed E-state index contributed by atoms with van der Waals surface area (Å²) >= 11 is 2.58. The van der Waals surface area contributed by atoms with Gasteiger partial charge in [-0.15, -0.1) is 0 Å². The van der Waals surface area contributed by atoms with Crippen molar-refractivity contribution in [2.24, 2.45) is 5.41 Å². The Bertz CT molecular complexity index is 155. The molecule has 1 saturated carbocycles. The molecular formula is C12H21I. The van der Waals surface area contributed by atoms with Gasteiger partial charge in [-0.05, 0) is 37.5 Å². The molecule has 0 unspecified atom stereocenters. The van der Waals surface area contributed by atoms with Crippen LogP contribution in [0.4, 0.5) is 0 Å². The first-order chi connectivity index (χ1) is 6.33. The van der Waals surface area contributed by atoms with Gasteiger partial charge in [0.05, 0.1) is 0 Å². The fourth-order valence-electron chi connectivity index (χ4n) is 2.25. The fourth-order valence-corrected chi connectivity index (χ4v) is 3.39. The zero-order chi connectivity index (χ0) is 9.57. The van der Waals surface area contributed by atoms with Crippen LogP contribution in [0.15, 0.2) is 12.2 Å². The van der Waals surface area contributed by atoms with E-state index in [0.717, 1.165) is 5.41 Å². The molecule has 1 aliphatic rings. The zero-order valence-corrected chi connectivity index (χ0v) is 10.8. The van der Waals surface area contributed by atoms with Crippen molar-refractivity contribution in [1.82, 2.24) is 0 Å². The summed E-state index contributed by atoms with van der Waals surface area (Å²) in [6.45, 7) is 2.21. The first kappa shape index (κ1) is 11.5. The zero-order valence-electron chi connectivity index (χ0n) is 8.69. The average Bonchev–Trinajstić information content (AvgIpc) is 2.62. The number of halogens is 1. The molecule has 0 spiro atoms. The molecule has 0 aromatic heterocycles. The Balaban J connectivity index is 2.27. The summed E-state index contributed by atoms with van der Waals surface area (Å²) < 4.78 is 1.37. The molecule has 0 bridgehead atoms. The van der Waals surface area contributed by atoms with E-state index >= 15 is 0 Å². The van der Waals surface area contributed by atoms with Gasteiger partial charge in [0.1, 0.15) is 0 Å². The molecule has 1 heteroatoms. The Kier molecular flexibility index (Phi) is 5.37. The fraction of sp³-hybridized carbons (Fsp3) is 0.833. The van der Waals surface area contributed by atoms with Gasteiger partial charge < -0.3 is 0 Å². The van der Waals surface area contributed by atoms with Crippen LogP contribution >= 0.6 is 22.6 Å². The summed E-state index contributed by atoms with van der Waals surface area (Å²) in [5, 5.41) is 0. The van der Waals surface area contributed by atoms with Crippen LogP contribution in [0.1, 0.15) is 51.9 Å². The molecule has 0 N–H and O–H groups in total. The lowest BCUT2D eigenvalue weighted by atomic mass is 9.84. The summed E-state index contributed by atoms with van der Waals surface area (Å²) in [6, 6.07) is 0. The van der Waals surface area contributed by atoms with E-state index in [1.54, 1.807) is 0 Å². The molecule has 0 radical (unpaired) electrons. The van der Waals surface area contributed by atoms with E-state index in [2.05, 4.69) is 41.7 Å². The molecular weight excluding hydrogens is 271 g/mol. The second kappa shape index (κ2) is 6.05. The lowest BCUT2D eigenvalue weighted by molar-refractivity contribution is 0.326. The minimum atomic E-state index is 0.721. The van der Waals surface area contributed by atoms with Crippen LogP contribution < -0.4 is 0 Å². The summed E-state index contributed by atoms with van der Waals surface area (Å²) in [6.07, 6.45) is 14.5. The van der Waals surface area contributed by atoms with Crippen molar-refractivity contribution < 1.29 is 0 Å². The summed E-state index contributed by atoms with van der Waals surface area (Å²) in [5.74, 6) is 0. The van der Waals surface area contributed by atoms with E-state index < -0.39 is 0 Å². The van der Waals surface area contributed by atoms with Crippen LogP contribution in [-0.4, -0.2) is 4.43 Å². The van der Waals surface area contributed by atoms with Gasteiger partial charge in [0.2, 0.25) is 0 Å². The predicted octanol–water partition coefficient (Wildman–Crippen LogP) is 4.73. The van der Waals surface area contributed by atoms with Crippen molar-refractivity contribution in [1.29, 1.82) is 0 Å². The SMILES string of the molecule is CC/C=C/CCC1(CI)CCCC1. The molecule has 0 aromatic rings. The van der Waals surface area contributed by atoms with Gasteiger partial charge in [-0.3, -0.25) is 0 Å². The van der Waals surface area contributed by atoms with Crippen molar-refractivity contribution in [3.63, 3.8) is 0 Å². The Morgan fingerprint density at radius 3 is 2.46 bits per heavy atom. The largest absolute Gasteiger partial charge is 0.0888 e. The van der Waals surface area contributed by atoms with E-state index in [0.29, 0.717) is 0 Å². The molecule has 76 valence electrons. The molecule has 0 atom stereocenters. The highest BCUT2D eigenvalue weighted by Gasteiger charge is 2.31. The van der Waals surface area contributed by atoms with Crippen LogP contribution in [0.5, 0.6) is 0 Å². The standard InChI is InChI=1S/C12H21I/c1-2-3-4-5-8-12(11-13)9-6-7-10-12/h3-4H,2,5-11H2,1H3/b4-3+. The molecule has 0 aromatic carbocycles. The van der Waals surface area contributed by atoms with Crippen molar-refractivity contribution in [3.8, 4) is 0 Å². The van der Waals surface area contributed by atoms with Crippen molar-refractivity contribution >= 4 is 22.6 Å². The highest BCUT2D eigenvalue weighted by molar-refractivity contribution is 14.1. The van der Waals surface area contributed by atoms with Gasteiger partial charge >= 0.3 is 0 Å². The molecule has 0 saturated heterocycles. The van der Waals surface area contributed by atoms with E-state index in [4.69, 9.17) is 0 Å². The van der Waals surface area contributed by atoms with Gasteiger partial charge in [-0.1, -0.05) is 54.5 Å². The van der Waals surface area contributed by atoms with Gasteiger partial charge in [0.25, 0.3) is 0 Å². The van der Waals surface area contributed by atoms with Crippen molar-refractivity contribution in [2.75, 3.05) is 4.43 Å². The normalized spacial score (nSPS) is 21.4. The van der Waals surface area contributed by atoms with Crippen molar-refractivity contribution in [3.05, 3.63) is 12.2 Å². The van der Waals surface area contributed by atoms with Crippen LogP contribution in [0.25, 0.3) is 0 Å². The summed E-state index contributed by atoms with van der Waals surface area (Å²) in [5.41, 5.74) is 0.721. The van der Waals surface area contributed by atoms with E-state index in [-0.39, 0.29) is 0 Å². The molecule has 1 aliphatic carbocycles. The van der Waals surface area contributed by atoms with Crippen LogP contribution in [0.2, 0.25) is 0 Å². The molecule has 1 fully saturated rings. The molecule has 13 heavy (non-hydrogen) atoms. The smallest absolute Gasteiger partial charge is 0.00521 e. The third-order valence-corrected chi connectivity index (χ3v) is 4.81. The molecule has 0 amide bonds. The topological polar surface area (TPSA) is 0 Å². The van der Waals surface area contributed by atoms with Crippen LogP contribution in [-0.2, 0) is 0 Å². The lowest BCUT2D eigenvalue weighted by Gasteiger charge is -2.25. The molecule has 0 nitrogen and oxygen atoms in total. The average molecular weight is 292 g/mol. The molecule has 0 aliphatic heterocycles. The number of hydrogen-bond acceptors (Lipinski definition) is 0. The van der Waals surface area contributed by atoms with Gasteiger partial charge in [-0.2, -0.15) is 0 Å². The van der Waals surface area contributed by atoms with Crippen molar-refractivity contribution in [2.45, 2.75) is 51.9 Å². The Labute approximate surface area is 96.3 Å². The maximum absolute atomic E-state index is 2.58. The van der Waals surface area contributed by atoms with Gasteiger partial charge in [0.15, 0.2) is 0 Å². The molecule has 0 heterocycles. The number of rotatable bonds is 5. The highest BCUT2D eigenvalue weighted by atomic mass is 127. The van der Waals surface area contributed by atoms with Gasteiger partial charge in [0, 0.05) is 4.43 Å². The third-order valence-electron chi connectivity index (χ3n) is 3.19.